The molecule has 3 rings (SSSR count). The molecule has 194 valence electrons. The second-order valence-corrected chi connectivity index (χ2v) is 14.7. The number of aliphatic carboxylic acids is 1. The van der Waals surface area contributed by atoms with Crippen molar-refractivity contribution in [3.63, 3.8) is 0 Å². The van der Waals surface area contributed by atoms with Crippen molar-refractivity contribution >= 4 is 36.7 Å². The maximum Gasteiger partial charge on any atom is 0.303 e. The van der Waals surface area contributed by atoms with E-state index in [0.717, 1.165) is 12.1 Å². The summed E-state index contributed by atoms with van der Waals surface area (Å²) in [6.07, 6.45) is 0.277. The lowest BCUT2D eigenvalue weighted by Gasteiger charge is -2.36. The summed E-state index contributed by atoms with van der Waals surface area (Å²) in [4.78, 5) is 43.1. The fraction of sp³-hybridized carbons (Fsp3) is 0.440. The number of nitrogens with one attached hydrogen (secondary N) is 1. The number of ether oxygens (including phenoxy) is 1. The van der Waals surface area contributed by atoms with Crippen LogP contribution in [0.3, 0.4) is 0 Å². The third-order valence-electron chi connectivity index (χ3n) is 5.88. The number of nitrogens with zero attached hydrogens (tertiary/aromatic N) is 2. The van der Waals surface area contributed by atoms with Crippen molar-refractivity contribution in [1.29, 1.82) is 0 Å². The Hall–Kier alpha value is -3.34. The minimum Gasteiger partial charge on any atom is -0.481 e. The number of hydrogen-bond donors (Lipinski definition) is 2. The number of benzene rings is 1. The molecule has 0 unspecified atom stereocenters. The van der Waals surface area contributed by atoms with Gasteiger partial charge in [0.15, 0.2) is 0 Å². The van der Waals surface area contributed by atoms with Crippen molar-refractivity contribution in [3.05, 3.63) is 47.2 Å². The molecule has 2 heterocycles. The molecule has 1 atom stereocenters. The van der Waals surface area contributed by atoms with Crippen molar-refractivity contribution in [1.82, 2.24) is 9.88 Å². The summed E-state index contributed by atoms with van der Waals surface area (Å²) in [6.45, 7) is 7.88. The monoisotopic (exact) mass is 519 g/mol. The molecule has 1 aliphatic heterocycles. The number of fused-ring (bicyclic) bond motifs is 1. The number of anilines is 1. The maximum atomic E-state index is 14.8. The van der Waals surface area contributed by atoms with E-state index in [1.54, 1.807) is 12.1 Å². The van der Waals surface area contributed by atoms with Gasteiger partial charge in [-0.3, -0.25) is 14.4 Å². The quantitative estimate of drug-likeness (QED) is 0.490. The summed E-state index contributed by atoms with van der Waals surface area (Å²) in [5.74, 6) is -3.10. The highest BCUT2D eigenvalue weighted by Crippen LogP contribution is 2.32. The molecule has 8 nitrogen and oxygen atoms in total. The molecule has 0 spiro atoms. The average molecular weight is 520 g/mol. The van der Waals surface area contributed by atoms with Crippen LogP contribution in [-0.4, -0.2) is 54.0 Å². The SMILES string of the molecule is CCOc1ccc2c(n1)CCN(C(=O)CCCC(=O)O)[C@H]2C(=O)Nc1cc(F)c([Si](C)(C)C)c(F)c1. The molecule has 0 fully saturated rings. The van der Waals surface area contributed by atoms with Crippen molar-refractivity contribution in [2.24, 2.45) is 0 Å². The summed E-state index contributed by atoms with van der Waals surface area (Å²) < 4.78 is 35.0. The molecule has 0 saturated heterocycles. The third kappa shape index (κ3) is 6.25. The summed E-state index contributed by atoms with van der Waals surface area (Å²) in [5, 5.41) is 11.5. The summed E-state index contributed by atoms with van der Waals surface area (Å²) in [7, 11) is -2.30. The van der Waals surface area contributed by atoms with E-state index >= 15 is 0 Å². The predicted octanol–water partition coefficient (Wildman–Crippen LogP) is 3.62. The first-order valence-electron chi connectivity index (χ1n) is 11.9. The van der Waals surface area contributed by atoms with Gasteiger partial charge in [-0.1, -0.05) is 19.6 Å². The number of carboxylic acid groups (broad SMARTS) is 1. The van der Waals surface area contributed by atoms with Gasteiger partial charge in [-0.05, 0) is 31.5 Å². The van der Waals surface area contributed by atoms with Gasteiger partial charge in [0.05, 0.1) is 20.4 Å². The lowest BCUT2D eigenvalue weighted by molar-refractivity contribution is -0.140. The van der Waals surface area contributed by atoms with Gasteiger partial charge in [0.25, 0.3) is 5.91 Å². The van der Waals surface area contributed by atoms with Gasteiger partial charge in [0, 0.05) is 48.3 Å². The Morgan fingerprint density at radius 1 is 1.17 bits per heavy atom. The van der Waals surface area contributed by atoms with Crippen LogP contribution >= 0.6 is 0 Å². The van der Waals surface area contributed by atoms with Crippen LogP contribution in [0, 0.1) is 11.6 Å². The molecular weight excluding hydrogens is 488 g/mol. The Bertz CT molecular complexity index is 1150. The number of hydrogen-bond acceptors (Lipinski definition) is 5. The number of carboxylic acids is 1. The Labute approximate surface area is 209 Å². The second-order valence-electron chi connectivity index (χ2n) is 9.66. The Balaban J connectivity index is 1.93. The van der Waals surface area contributed by atoms with E-state index in [4.69, 9.17) is 9.84 Å². The van der Waals surface area contributed by atoms with Crippen LogP contribution in [0.2, 0.25) is 19.6 Å². The average Bonchev–Trinajstić information content (AvgIpc) is 2.76. The number of pyridine rings is 1. The van der Waals surface area contributed by atoms with Gasteiger partial charge in [-0.2, -0.15) is 0 Å². The van der Waals surface area contributed by atoms with Crippen LogP contribution in [-0.2, 0) is 20.8 Å². The topological polar surface area (TPSA) is 109 Å². The zero-order valence-corrected chi connectivity index (χ0v) is 21.9. The smallest absolute Gasteiger partial charge is 0.303 e. The number of halogens is 2. The lowest BCUT2D eigenvalue weighted by atomic mass is 9.95. The first-order chi connectivity index (χ1) is 16.9. The van der Waals surface area contributed by atoms with E-state index in [1.165, 1.54) is 4.90 Å². The molecule has 36 heavy (non-hydrogen) atoms. The standard InChI is InChI=1S/C25H31F2N3O5Si/c1-5-35-20-10-9-16-19(29-20)11-12-30(21(31)7-6-8-22(32)33)23(16)25(34)28-15-13-17(26)24(18(27)14-15)36(2,3)4/h9-10,13-14,23H,5-8,11-12H2,1-4H3,(H,28,34)(H,32,33)/t23-/m1/s1. The van der Waals surface area contributed by atoms with Gasteiger partial charge >= 0.3 is 5.97 Å². The Kier molecular flexibility index (Phi) is 8.44. The molecule has 0 aliphatic carbocycles. The third-order valence-corrected chi connectivity index (χ3v) is 7.86. The summed E-state index contributed by atoms with van der Waals surface area (Å²) in [5.41, 5.74) is 1.01. The summed E-state index contributed by atoms with van der Waals surface area (Å²) >= 11 is 0. The van der Waals surface area contributed by atoms with E-state index in [2.05, 4.69) is 10.3 Å². The van der Waals surface area contributed by atoms with Crippen molar-refractivity contribution < 1.29 is 33.0 Å². The fourth-order valence-corrected chi connectivity index (χ4v) is 5.93. The number of amides is 2. The summed E-state index contributed by atoms with van der Waals surface area (Å²) in [6, 6.07) is 4.34. The molecule has 0 bridgehead atoms. The van der Waals surface area contributed by atoms with Crippen LogP contribution in [0.5, 0.6) is 5.88 Å². The molecule has 1 aliphatic rings. The zero-order valence-electron chi connectivity index (χ0n) is 20.9. The van der Waals surface area contributed by atoms with Crippen LogP contribution < -0.4 is 15.2 Å². The minimum atomic E-state index is -2.30. The van der Waals surface area contributed by atoms with Crippen LogP contribution in [0.25, 0.3) is 0 Å². The first kappa shape index (κ1) is 27.2. The number of aromatic nitrogens is 1. The van der Waals surface area contributed by atoms with Crippen LogP contribution in [0.4, 0.5) is 14.5 Å². The van der Waals surface area contributed by atoms with Crippen molar-refractivity contribution in [2.45, 2.75) is 58.3 Å². The number of rotatable bonds is 9. The molecule has 1 aromatic carbocycles. The lowest BCUT2D eigenvalue weighted by Crippen LogP contribution is -2.46. The van der Waals surface area contributed by atoms with Gasteiger partial charge in [-0.25, -0.2) is 13.8 Å². The molecule has 11 heteroatoms. The van der Waals surface area contributed by atoms with E-state index in [9.17, 15) is 23.2 Å². The molecule has 0 saturated carbocycles. The van der Waals surface area contributed by atoms with Crippen molar-refractivity contribution in [2.75, 3.05) is 18.5 Å². The molecular formula is C25H31F2N3O5Si. The predicted molar refractivity (Wildman–Crippen MR) is 133 cm³/mol. The van der Waals surface area contributed by atoms with Gasteiger partial charge in [0.2, 0.25) is 11.8 Å². The van der Waals surface area contributed by atoms with E-state index in [-0.39, 0.29) is 42.6 Å². The minimum absolute atomic E-state index is 0.0476. The number of carbonyl (C=O) groups excluding carboxylic acids is 2. The highest BCUT2D eigenvalue weighted by atomic mass is 28.3. The van der Waals surface area contributed by atoms with Gasteiger partial charge in [-0.15, -0.1) is 0 Å². The zero-order chi connectivity index (χ0) is 26.6. The second kappa shape index (κ2) is 11.1. The Morgan fingerprint density at radius 3 is 2.42 bits per heavy atom. The van der Waals surface area contributed by atoms with E-state index < -0.39 is 37.6 Å². The largest absolute Gasteiger partial charge is 0.481 e. The molecule has 1 aromatic heterocycles. The maximum absolute atomic E-state index is 14.8. The van der Waals surface area contributed by atoms with Gasteiger partial charge in [0.1, 0.15) is 17.7 Å². The first-order valence-corrected chi connectivity index (χ1v) is 15.4. The Morgan fingerprint density at radius 2 is 1.83 bits per heavy atom. The van der Waals surface area contributed by atoms with Crippen LogP contribution in [0.1, 0.15) is 43.5 Å². The van der Waals surface area contributed by atoms with Gasteiger partial charge < -0.3 is 20.1 Å². The number of carbonyl (C=O) groups is 3. The van der Waals surface area contributed by atoms with Crippen LogP contribution in [0.15, 0.2) is 24.3 Å². The highest BCUT2D eigenvalue weighted by molar-refractivity contribution is 6.88. The fourth-order valence-electron chi connectivity index (χ4n) is 4.35. The molecule has 0 radical (unpaired) electrons. The molecule has 2 aromatic rings. The molecule has 2 N–H and O–H groups in total. The normalized spacial score (nSPS) is 15.3. The van der Waals surface area contributed by atoms with E-state index in [1.807, 2.05) is 26.6 Å². The van der Waals surface area contributed by atoms with Crippen molar-refractivity contribution in [3.8, 4) is 5.88 Å². The van der Waals surface area contributed by atoms with E-state index in [0.29, 0.717) is 30.2 Å². The highest BCUT2D eigenvalue weighted by Gasteiger charge is 2.37. The molecule has 2 amide bonds.